The SMILES string of the molecule is CCC(C)(CO)CNc1c(C)nn(C(C)C)c1C. The summed E-state index contributed by atoms with van der Waals surface area (Å²) in [6.45, 7) is 13.5. The van der Waals surface area contributed by atoms with Crippen molar-refractivity contribution in [1.29, 1.82) is 0 Å². The van der Waals surface area contributed by atoms with Crippen LogP contribution in [0.3, 0.4) is 0 Å². The van der Waals surface area contributed by atoms with Gasteiger partial charge in [-0.05, 0) is 34.1 Å². The molecule has 104 valence electrons. The average molecular weight is 253 g/mol. The van der Waals surface area contributed by atoms with Crippen LogP contribution in [-0.4, -0.2) is 28.0 Å². The number of hydrogen-bond acceptors (Lipinski definition) is 3. The molecular weight excluding hydrogens is 226 g/mol. The van der Waals surface area contributed by atoms with E-state index in [-0.39, 0.29) is 12.0 Å². The summed E-state index contributed by atoms with van der Waals surface area (Å²) >= 11 is 0. The predicted octanol–water partition coefficient (Wildman–Crippen LogP) is 2.90. The van der Waals surface area contributed by atoms with E-state index in [0.29, 0.717) is 6.04 Å². The Kier molecular flexibility index (Phi) is 4.79. The second-order valence-corrected chi connectivity index (χ2v) is 5.76. The molecule has 2 N–H and O–H groups in total. The van der Waals surface area contributed by atoms with Gasteiger partial charge in [0.1, 0.15) is 0 Å². The van der Waals surface area contributed by atoms with Gasteiger partial charge in [-0.2, -0.15) is 5.10 Å². The molecule has 4 heteroatoms. The molecule has 1 aromatic heterocycles. The Labute approximate surface area is 110 Å². The minimum atomic E-state index is -0.0706. The molecule has 0 saturated carbocycles. The molecule has 1 aromatic rings. The van der Waals surface area contributed by atoms with Crippen LogP contribution in [0.5, 0.6) is 0 Å². The summed E-state index contributed by atoms with van der Waals surface area (Å²) in [7, 11) is 0. The van der Waals surface area contributed by atoms with E-state index in [1.807, 2.05) is 11.6 Å². The number of aliphatic hydroxyl groups is 1. The van der Waals surface area contributed by atoms with Crippen molar-refractivity contribution in [2.45, 2.75) is 54.0 Å². The van der Waals surface area contributed by atoms with E-state index >= 15 is 0 Å². The third kappa shape index (κ3) is 3.05. The fourth-order valence-electron chi connectivity index (χ4n) is 2.02. The molecule has 18 heavy (non-hydrogen) atoms. The molecule has 0 fully saturated rings. The molecule has 4 nitrogen and oxygen atoms in total. The van der Waals surface area contributed by atoms with Crippen molar-refractivity contribution >= 4 is 5.69 Å². The number of aromatic nitrogens is 2. The predicted molar refractivity (Wildman–Crippen MR) is 76.1 cm³/mol. The first-order valence-corrected chi connectivity index (χ1v) is 6.75. The van der Waals surface area contributed by atoms with Gasteiger partial charge in [0.25, 0.3) is 0 Å². The highest BCUT2D eigenvalue weighted by Crippen LogP contribution is 2.26. The summed E-state index contributed by atoms with van der Waals surface area (Å²) in [5.41, 5.74) is 3.23. The van der Waals surface area contributed by atoms with Crippen LogP contribution in [0.25, 0.3) is 0 Å². The highest BCUT2D eigenvalue weighted by molar-refractivity contribution is 5.52. The zero-order valence-electron chi connectivity index (χ0n) is 12.5. The summed E-state index contributed by atoms with van der Waals surface area (Å²) in [4.78, 5) is 0. The molecule has 0 aliphatic carbocycles. The van der Waals surface area contributed by atoms with Crippen LogP contribution in [0.15, 0.2) is 0 Å². The first-order chi connectivity index (χ1) is 8.34. The quantitative estimate of drug-likeness (QED) is 0.819. The molecule has 1 heterocycles. The number of anilines is 1. The molecule has 1 atom stereocenters. The standard InChI is InChI=1S/C14H27N3O/c1-7-14(6,9-18)8-15-13-11(4)16-17(10(2)3)12(13)5/h10,15,18H,7-9H2,1-6H3. The van der Waals surface area contributed by atoms with Gasteiger partial charge >= 0.3 is 0 Å². The van der Waals surface area contributed by atoms with Crippen LogP contribution in [0.1, 0.15) is 51.5 Å². The van der Waals surface area contributed by atoms with E-state index in [4.69, 9.17) is 0 Å². The van der Waals surface area contributed by atoms with Gasteiger partial charge in [0.15, 0.2) is 0 Å². The van der Waals surface area contributed by atoms with E-state index in [9.17, 15) is 5.11 Å². The highest BCUT2D eigenvalue weighted by atomic mass is 16.3. The Hall–Kier alpha value is -1.03. The lowest BCUT2D eigenvalue weighted by Gasteiger charge is -2.26. The lowest BCUT2D eigenvalue weighted by atomic mass is 9.88. The molecule has 0 spiro atoms. The number of hydrogen-bond donors (Lipinski definition) is 2. The summed E-state index contributed by atoms with van der Waals surface area (Å²) < 4.78 is 2.04. The van der Waals surface area contributed by atoms with Crippen molar-refractivity contribution in [2.24, 2.45) is 5.41 Å². The second-order valence-electron chi connectivity index (χ2n) is 5.76. The highest BCUT2D eigenvalue weighted by Gasteiger charge is 2.22. The van der Waals surface area contributed by atoms with Crippen molar-refractivity contribution in [1.82, 2.24) is 9.78 Å². The largest absolute Gasteiger partial charge is 0.396 e. The zero-order chi connectivity index (χ0) is 13.9. The molecule has 0 amide bonds. The van der Waals surface area contributed by atoms with Crippen molar-refractivity contribution < 1.29 is 5.11 Å². The topological polar surface area (TPSA) is 50.1 Å². The molecule has 1 rings (SSSR count). The number of nitrogens with zero attached hydrogens (tertiary/aromatic N) is 2. The second kappa shape index (κ2) is 5.74. The van der Waals surface area contributed by atoms with Gasteiger partial charge in [0.05, 0.1) is 23.7 Å². The fourth-order valence-corrected chi connectivity index (χ4v) is 2.02. The molecule has 0 bridgehead atoms. The van der Waals surface area contributed by atoms with Crippen LogP contribution in [0, 0.1) is 19.3 Å². The third-order valence-electron chi connectivity index (χ3n) is 3.74. The Morgan fingerprint density at radius 3 is 2.39 bits per heavy atom. The van der Waals surface area contributed by atoms with E-state index in [2.05, 4.69) is 45.0 Å². The Morgan fingerprint density at radius 1 is 1.39 bits per heavy atom. The molecule has 0 saturated heterocycles. The van der Waals surface area contributed by atoms with E-state index in [0.717, 1.165) is 24.3 Å². The lowest BCUT2D eigenvalue weighted by molar-refractivity contribution is 0.149. The Morgan fingerprint density at radius 2 is 2.00 bits per heavy atom. The molecule has 0 radical (unpaired) electrons. The molecule has 1 unspecified atom stereocenters. The number of nitrogens with one attached hydrogen (secondary N) is 1. The molecular formula is C14H27N3O. The zero-order valence-corrected chi connectivity index (χ0v) is 12.5. The molecule has 0 aliphatic heterocycles. The van der Waals surface area contributed by atoms with Crippen molar-refractivity contribution in [2.75, 3.05) is 18.5 Å². The summed E-state index contributed by atoms with van der Waals surface area (Å²) in [5.74, 6) is 0. The lowest BCUT2D eigenvalue weighted by Crippen LogP contribution is -2.29. The van der Waals surface area contributed by atoms with E-state index < -0.39 is 0 Å². The van der Waals surface area contributed by atoms with Crippen molar-refractivity contribution in [3.05, 3.63) is 11.4 Å². The Bertz CT molecular complexity index is 392. The van der Waals surface area contributed by atoms with Gasteiger partial charge in [-0.1, -0.05) is 13.8 Å². The minimum Gasteiger partial charge on any atom is -0.396 e. The summed E-state index contributed by atoms with van der Waals surface area (Å²) in [6, 6.07) is 0.370. The van der Waals surface area contributed by atoms with Gasteiger partial charge in [0, 0.05) is 18.0 Å². The maximum absolute atomic E-state index is 9.43. The van der Waals surface area contributed by atoms with Crippen LogP contribution < -0.4 is 5.32 Å². The van der Waals surface area contributed by atoms with Crippen LogP contribution in [0.2, 0.25) is 0 Å². The van der Waals surface area contributed by atoms with Crippen LogP contribution >= 0.6 is 0 Å². The van der Waals surface area contributed by atoms with Crippen molar-refractivity contribution in [3.63, 3.8) is 0 Å². The number of aliphatic hydroxyl groups excluding tert-OH is 1. The van der Waals surface area contributed by atoms with Crippen LogP contribution in [-0.2, 0) is 0 Å². The average Bonchev–Trinajstić information content (AvgIpc) is 2.62. The van der Waals surface area contributed by atoms with Crippen molar-refractivity contribution in [3.8, 4) is 0 Å². The first kappa shape index (κ1) is 15.0. The number of aryl methyl sites for hydroxylation is 1. The Balaban J connectivity index is 2.86. The summed E-state index contributed by atoms with van der Waals surface area (Å²) in [5, 5.41) is 17.4. The fraction of sp³-hybridized carbons (Fsp3) is 0.786. The van der Waals surface area contributed by atoms with Gasteiger partial charge in [-0.25, -0.2) is 0 Å². The van der Waals surface area contributed by atoms with Crippen LogP contribution in [0.4, 0.5) is 5.69 Å². The monoisotopic (exact) mass is 253 g/mol. The third-order valence-corrected chi connectivity index (χ3v) is 3.74. The minimum absolute atomic E-state index is 0.0706. The van der Waals surface area contributed by atoms with Gasteiger partial charge in [-0.3, -0.25) is 4.68 Å². The van der Waals surface area contributed by atoms with E-state index in [1.165, 1.54) is 5.69 Å². The van der Waals surface area contributed by atoms with E-state index in [1.54, 1.807) is 0 Å². The smallest absolute Gasteiger partial charge is 0.0828 e. The molecule has 0 aromatic carbocycles. The summed E-state index contributed by atoms with van der Waals surface area (Å²) in [6.07, 6.45) is 0.951. The maximum atomic E-state index is 9.43. The van der Waals surface area contributed by atoms with Gasteiger partial charge in [0.2, 0.25) is 0 Å². The van der Waals surface area contributed by atoms with Gasteiger partial charge in [-0.15, -0.1) is 0 Å². The molecule has 0 aliphatic rings. The first-order valence-electron chi connectivity index (χ1n) is 6.75. The number of rotatable bonds is 6. The normalized spacial score (nSPS) is 14.9. The van der Waals surface area contributed by atoms with Gasteiger partial charge < -0.3 is 10.4 Å². The maximum Gasteiger partial charge on any atom is 0.0828 e.